The molecule has 2 saturated heterocycles. The molecule has 11 unspecified atom stereocenters. The Morgan fingerprint density at radius 2 is 1.71 bits per heavy atom. The van der Waals surface area contributed by atoms with Gasteiger partial charge < -0.3 is 16.0 Å². The molecule has 2 saturated carbocycles. The Morgan fingerprint density at radius 1 is 1.03 bits per heavy atom. The van der Waals surface area contributed by atoms with Gasteiger partial charge in [0.25, 0.3) is 0 Å². The summed E-state index contributed by atoms with van der Waals surface area (Å²) in [5.41, 5.74) is 0. The first kappa shape index (κ1) is 22.8. The van der Waals surface area contributed by atoms with Crippen LogP contribution in [0.25, 0.3) is 0 Å². The lowest BCUT2D eigenvalue weighted by Gasteiger charge is -2.47. The normalized spacial score (nSPS) is 47.5. The number of hydrogen-bond donors (Lipinski definition) is 3. The SMILES string of the molecule is CC(C)NC(=O)C1C2CCC(C3CNC4C(F)C(F)C(F)CC34)NC2CCC1[N+](=O)[O-]. The van der Waals surface area contributed by atoms with E-state index in [-0.39, 0.29) is 53.1 Å². The Kier molecular flexibility index (Phi) is 6.49. The fourth-order valence-electron chi connectivity index (χ4n) is 6.66. The molecule has 0 aromatic heterocycles. The smallest absolute Gasteiger partial charge is 0.230 e. The minimum absolute atomic E-state index is 0.000257. The van der Waals surface area contributed by atoms with Gasteiger partial charge in [0.1, 0.15) is 18.3 Å². The molecule has 31 heavy (non-hydrogen) atoms. The molecule has 7 nitrogen and oxygen atoms in total. The van der Waals surface area contributed by atoms with Gasteiger partial charge >= 0.3 is 0 Å². The van der Waals surface area contributed by atoms with E-state index in [1.807, 2.05) is 13.8 Å². The molecule has 0 spiro atoms. The number of fused-ring (bicyclic) bond motifs is 2. The van der Waals surface area contributed by atoms with Crippen molar-refractivity contribution in [2.75, 3.05) is 6.54 Å². The molecule has 0 aromatic carbocycles. The van der Waals surface area contributed by atoms with Gasteiger partial charge in [-0.2, -0.15) is 0 Å². The summed E-state index contributed by atoms with van der Waals surface area (Å²) in [5.74, 6) is -1.40. The Labute approximate surface area is 180 Å². The third kappa shape index (κ3) is 4.17. The van der Waals surface area contributed by atoms with E-state index in [0.717, 1.165) is 0 Å². The summed E-state index contributed by atoms with van der Waals surface area (Å²) in [4.78, 5) is 24.2. The lowest BCUT2D eigenvalue weighted by atomic mass is 9.66. The van der Waals surface area contributed by atoms with Gasteiger partial charge in [-0.05, 0) is 57.3 Å². The number of nitrogens with zero attached hydrogens (tertiary/aromatic N) is 1. The molecule has 11 atom stereocenters. The van der Waals surface area contributed by atoms with Crippen molar-refractivity contribution in [1.82, 2.24) is 16.0 Å². The molecule has 0 aromatic rings. The van der Waals surface area contributed by atoms with Gasteiger partial charge in [0.15, 0.2) is 6.17 Å². The summed E-state index contributed by atoms with van der Waals surface area (Å²) in [6, 6.07) is -1.70. The Morgan fingerprint density at radius 3 is 2.39 bits per heavy atom. The predicted molar refractivity (Wildman–Crippen MR) is 108 cm³/mol. The first-order valence-electron chi connectivity index (χ1n) is 11.5. The minimum atomic E-state index is -2.08. The van der Waals surface area contributed by atoms with Gasteiger partial charge in [-0.1, -0.05) is 0 Å². The van der Waals surface area contributed by atoms with E-state index in [2.05, 4.69) is 16.0 Å². The quantitative estimate of drug-likeness (QED) is 0.453. The maximum absolute atomic E-state index is 14.3. The van der Waals surface area contributed by atoms with Crippen LogP contribution in [-0.4, -0.2) is 66.1 Å². The first-order valence-corrected chi connectivity index (χ1v) is 11.5. The standard InChI is InChI=1S/C21H33F3N4O3/c1-9(2)26-21(29)17-10-3-4-15(27-14(10)5-6-16(17)28(30)31)12-8-25-20-11(12)7-13(22)18(23)19(20)24/h9-20,25,27H,3-8H2,1-2H3,(H,26,29). The molecule has 4 rings (SSSR count). The summed E-state index contributed by atoms with van der Waals surface area (Å²) in [7, 11) is 0. The third-order valence-corrected chi connectivity index (χ3v) is 8.02. The summed E-state index contributed by atoms with van der Waals surface area (Å²) < 4.78 is 42.2. The van der Waals surface area contributed by atoms with Crippen molar-refractivity contribution in [3.8, 4) is 0 Å². The van der Waals surface area contributed by atoms with E-state index in [0.29, 0.717) is 32.2 Å². The second kappa shape index (κ2) is 8.84. The van der Waals surface area contributed by atoms with Crippen molar-refractivity contribution in [2.24, 2.45) is 23.7 Å². The second-order valence-corrected chi connectivity index (χ2v) is 10.1. The summed E-state index contributed by atoms with van der Waals surface area (Å²) in [6.45, 7) is 4.17. The molecule has 4 aliphatic rings. The van der Waals surface area contributed by atoms with Crippen LogP contribution in [0.2, 0.25) is 0 Å². The zero-order valence-corrected chi connectivity index (χ0v) is 18.0. The van der Waals surface area contributed by atoms with Crippen molar-refractivity contribution < 1.29 is 22.9 Å². The number of alkyl halides is 3. The highest BCUT2D eigenvalue weighted by Crippen LogP contribution is 2.44. The Balaban J connectivity index is 1.47. The number of halogens is 3. The van der Waals surface area contributed by atoms with Gasteiger partial charge in [-0.25, -0.2) is 13.2 Å². The molecular weight excluding hydrogens is 413 g/mol. The van der Waals surface area contributed by atoms with Crippen molar-refractivity contribution in [3.05, 3.63) is 10.1 Å². The Hall–Kier alpha value is -1.42. The van der Waals surface area contributed by atoms with E-state index in [4.69, 9.17) is 0 Å². The highest BCUT2D eigenvalue weighted by atomic mass is 19.2. The number of rotatable bonds is 4. The zero-order valence-electron chi connectivity index (χ0n) is 18.0. The molecule has 2 heterocycles. The lowest BCUT2D eigenvalue weighted by molar-refractivity contribution is -0.535. The number of hydrogen-bond acceptors (Lipinski definition) is 5. The maximum atomic E-state index is 14.3. The van der Waals surface area contributed by atoms with Crippen LogP contribution >= 0.6 is 0 Å². The highest BCUT2D eigenvalue weighted by molar-refractivity contribution is 5.80. The average molecular weight is 447 g/mol. The van der Waals surface area contributed by atoms with Crippen molar-refractivity contribution >= 4 is 5.91 Å². The van der Waals surface area contributed by atoms with Gasteiger partial charge in [0.2, 0.25) is 11.9 Å². The largest absolute Gasteiger partial charge is 0.353 e. The van der Waals surface area contributed by atoms with Crippen LogP contribution in [-0.2, 0) is 4.79 Å². The first-order chi connectivity index (χ1) is 14.7. The lowest BCUT2D eigenvalue weighted by Crippen LogP contribution is -2.61. The molecular formula is C21H33F3N4O3. The van der Waals surface area contributed by atoms with Gasteiger partial charge in [-0.15, -0.1) is 0 Å². The van der Waals surface area contributed by atoms with E-state index < -0.39 is 36.5 Å². The van der Waals surface area contributed by atoms with Crippen molar-refractivity contribution in [1.29, 1.82) is 0 Å². The summed E-state index contributed by atoms with van der Waals surface area (Å²) >= 11 is 0. The van der Waals surface area contributed by atoms with Crippen molar-refractivity contribution in [2.45, 2.75) is 94.7 Å². The number of nitro groups is 1. The minimum Gasteiger partial charge on any atom is -0.353 e. The fraction of sp³-hybridized carbons (Fsp3) is 0.952. The molecule has 2 aliphatic heterocycles. The van der Waals surface area contributed by atoms with E-state index >= 15 is 0 Å². The fourth-order valence-corrected chi connectivity index (χ4v) is 6.66. The summed E-state index contributed by atoms with van der Waals surface area (Å²) in [5, 5.41) is 21.2. The van der Waals surface area contributed by atoms with Crippen LogP contribution in [0.5, 0.6) is 0 Å². The number of piperidine rings is 1. The highest BCUT2D eigenvalue weighted by Gasteiger charge is 2.56. The van der Waals surface area contributed by atoms with E-state index in [9.17, 15) is 28.1 Å². The number of nitrogens with one attached hydrogen (secondary N) is 3. The molecule has 1 amide bonds. The Bertz CT molecular complexity index is 699. The van der Waals surface area contributed by atoms with Gasteiger partial charge in [-0.3, -0.25) is 14.9 Å². The van der Waals surface area contributed by atoms with Crippen LogP contribution in [0, 0.1) is 33.8 Å². The monoisotopic (exact) mass is 446 g/mol. The third-order valence-electron chi connectivity index (χ3n) is 8.02. The van der Waals surface area contributed by atoms with Crippen LogP contribution in [0.1, 0.15) is 46.0 Å². The van der Waals surface area contributed by atoms with Crippen LogP contribution < -0.4 is 16.0 Å². The van der Waals surface area contributed by atoms with E-state index in [1.165, 1.54) is 0 Å². The van der Waals surface area contributed by atoms with Crippen molar-refractivity contribution in [3.63, 3.8) is 0 Å². The summed E-state index contributed by atoms with van der Waals surface area (Å²) in [6.07, 6.45) is -3.43. The predicted octanol–water partition coefficient (Wildman–Crippen LogP) is 1.93. The molecule has 10 heteroatoms. The zero-order chi connectivity index (χ0) is 22.4. The van der Waals surface area contributed by atoms with Gasteiger partial charge in [0.05, 0.1) is 0 Å². The molecule has 3 N–H and O–H groups in total. The average Bonchev–Trinajstić information content (AvgIpc) is 3.13. The molecule has 176 valence electrons. The number of amides is 1. The van der Waals surface area contributed by atoms with Gasteiger partial charge in [0, 0.05) is 42.1 Å². The van der Waals surface area contributed by atoms with E-state index in [1.54, 1.807) is 0 Å². The van der Waals surface area contributed by atoms with Crippen LogP contribution in [0.3, 0.4) is 0 Å². The second-order valence-electron chi connectivity index (χ2n) is 10.1. The number of carbonyl (C=O) groups is 1. The number of carbonyl (C=O) groups excluding carboxylic acids is 1. The topological polar surface area (TPSA) is 96.3 Å². The molecule has 2 aliphatic carbocycles. The molecule has 0 radical (unpaired) electrons. The van der Waals surface area contributed by atoms with Crippen LogP contribution in [0.4, 0.5) is 13.2 Å². The molecule has 4 fully saturated rings. The van der Waals surface area contributed by atoms with Crippen LogP contribution in [0.15, 0.2) is 0 Å². The molecule has 0 bridgehead atoms. The maximum Gasteiger partial charge on any atom is 0.230 e.